The summed E-state index contributed by atoms with van der Waals surface area (Å²) in [6.45, 7) is 2.77. The Morgan fingerprint density at radius 1 is 1.09 bits per heavy atom. The average Bonchev–Trinajstić information content (AvgIpc) is 3.01. The van der Waals surface area contributed by atoms with E-state index in [9.17, 15) is 4.79 Å². The van der Waals surface area contributed by atoms with Crippen molar-refractivity contribution in [2.45, 2.75) is 0 Å². The number of carbonyl (C=O) groups is 1. The quantitative estimate of drug-likeness (QED) is 0.652. The summed E-state index contributed by atoms with van der Waals surface area (Å²) in [5, 5.41) is 6.04. The smallest absolute Gasteiger partial charge is 0.267 e. The fourth-order valence-corrected chi connectivity index (χ4v) is 1.97. The van der Waals surface area contributed by atoms with Crippen LogP contribution < -0.4 is 10.6 Å². The molecule has 120 valence electrons. The normalized spacial score (nSPS) is 10.0. The second-order valence-electron chi connectivity index (χ2n) is 4.65. The first-order chi connectivity index (χ1) is 10.3. The average molecular weight is 324 g/mol. The molecule has 5 nitrogen and oxygen atoms in total. The summed E-state index contributed by atoms with van der Waals surface area (Å²) < 4.78 is 4.93. The maximum atomic E-state index is 12.0. The Labute approximate surface area is 136 Å². The van der Waals surface area contributed by atoms with Gasteiger partial charge in [-0.1, -0.05) is 30.3 Å². The molecule has 0 atom stereocenters. The van der Waals surface area contributed by atoms with Crippen molar-refractivity contribution >= 4 is 18.3 Å². The molecule has 3 N–H and O–H groups in total. The second-order valence-corrected chi connectivity index (χ2v) is 4.65. The minimum atomic E-state index is -0.0919. The number of hydrogen-bond acceptors (Lipinski definition) is 3. The zero-order valence-electron chi connectivity index (χ0n) is 12.6. The molecule has 0 saturated carbocycles. The molecule has 6 heteroatoms. The molecule has 0 radical (unpaired) electrons. The summed E-state index contributed by atoms with van der Waals surface area (Å²) in [4.78, 5) is 15.1. The van der Waals surface area contributed by atoms with E-state index in [1.807, 2.05) is 36.4 Å². The third kappa shape index (κ3) is 5.52. The van der Waals surface area contributed by atoms with Crippen molar-refractivity contribution in [3.05, 3.63) is 48.2 Å². The van der Waals surface area contributed by atoms with E-state index in [2.05, 4.69) is 15.6 Å². The van der Waals surface area contributed by atoms with Gasteiger partial charge in [-0.3, -0.25) is 4.79 Å². The van der Waals surface area contributed by atoms with Crippen LogP contribution in [-0.2, 0) is 4.74 Å². The van der Waals surface area contributed by atoms with E-state index >= 15 is 0 Å². The van der Waals surface area contributed by atoms with Gasteiger partial charge >= 0.3 is 0 Å². The number of halogens is 1. The number of ether oxygens (including phenoxy) is 1. The van der Waals surface area contributed by atoms with Gasteiger partial charge in [0.05, 0.1) is 6.61 Å². The number of amides is 1. The molecular formula is C16H22ClN3O2. The van der Waals surface area contributed by atoms with E-state index in [4.69, 9.17) is 4.74 Å². The maximum absolute atomic E-state index is 12.0. The van der Waals surface area contributed by atoms with Gasteiger partial charge in [0.25, 0.3) is 5.91 Å². The minimum absolute atomic E-state index is 0. The van der Waals surface area contributed by atoms with Crippen molar-refractivity contribution in [3.63, 3.8) is 0 Å². The molecule has 0 spiro atoms. The zero-order valence-corrected chi connectivity index (χ0v) is 13.4. The van der Waals surface area contributed by atoms with Crippen LogP contribution >= 0.6 is 12.4 Å². The first kappa shape index (κ1) is 18.2. The molecule has 1 aromatic heterocycles. The van der Waals surface area contributed by atoms with Gasteiger partial charge in [0.15, 0.2) is 0 Å². The van der Waals surface area contributed by atoms with Crippen LogP contribution in [0.3, 0.4) is 0 Å². The number of aromatic nitrogens is 1. The van der Waals surface area contributed by atoms with Crippen molar-refractivity contribution < 1.29 is 9.53 Å². The number of hydrogen-bond donors (Lipinski definition) is 3. The summed E-state index contributed by atoms with van der Waals surface area (Å²) in [6.07, 6.45) is 0. The van der Waals surface area contributed by atoms with E-state index in [1.54, 1.807) is 13.2 Å². The molecular weight excluding hydrogens is 302 g/mol. The van der Waals surface area contributed by atoms with Gasteiger partial charge in [0, 0.05) is 32.4 Å². The fraction of sp³-hybridized carbons (Fsp3) is 0.312. The van der Waals surface area contributed by atoms with Crippen molar-refractivity contribution in [1.82, 2.24) is 15.6 Å². The Morgan fingerprint density at radius 3 is 2.59 bits per heavy atom. The second kappa shape index (κ2) is 10.00. The van der Waals surface area contributed by atoms with Crippen LogP contribution in [0.4, 0.5) is 0 Å². The van der Waals surface area contributed by atoms with Gasteiger partial charge < -0.3 is 20.4 Å². The summed E-state index contributed by atoms with van der Waals surface area (Å²) in [6, 6.07) is 13.7. The van der Waals surface area contributed by atoms with Crippen molar-refractivity contribution in [2.75, 3.05) is 33.4 Å². The van der Waals surface area contributed by atoms with Crippen LogP contribution in [-0.4, -0.2) is 44.2 Å². The Balaban J connectivity index is 0.00000242. The number of rotatable bonds is 8. The molecule has 0 aliphatic heterocycles. The van der Waals surface area contributed by atoms with Gasteiger partial charge in [0.1, 0.15) is 5.69 Å². The molecule has 1 amide bonds. The third-order valence-electron chi connectivity index (χ3n) is 3.09. The van der Waals surface area contributed by atoms with Crippen LogP contribution in [0.1, 0.15) is 10.5 Å². The van der Waals surface area contributed by atoms with Gasteiger partial charge in [-0.2, -0.15) is 0 Å². The van der Waals surface area contributed by atoms with Crippen molar-refractivity contribution in [1.29, 1.82) is 0 Å². The van der Waals surface area contributed by atoms with Gasteiger partial charge in [0.2, 0.25) is 0 Å². The van der Waals surface area contributed by atoms with E-state index < -0.39 is 0 Å². The first-order valence-corrected chi connectivity index (χ1v) is 7.03. The minimum Gasteiger partial charge on any atom is -0.383 e. The van der Waals surface area contributed by atoms with E-state index in [1.165, 1.54) is 0 Å². The lowest BCUT2D eigenvalue weighted by molar-refractivity contribution is 0.0949. The SMILES string of the molecule is COCCNCCNC(=O)c1ccc(-c2ccccc2)[nH]1.Cl. The lowest BCUT2D eigenvalue weighted by Gasteiger charge is -2.05. The number of carbonyl (C=O) groups excluding carboxylic acids is 1. The Bertz CT molecular complexity index is 558. The first-order valence-electron chi connectivity index (χ1n) is 7.03. The molecule has 1 heterocycles. The molecule has 1 aromatic carbocycles. The fourth-order valence-electron chi connectivity index (χ4n) is 1.97. The lowest BCUT2D eigenvalue weighted by atomic mass is 10.2. The molecule has 0 fully saturated rings. The van der Waals surface area contributed by atoms with Gasteiger partial charge in [-0.05, 0) is 17.7 Å². The molecule has 22 heavy (non-hydrogen) atoms. The highest BCUT2D eigenvalue weighted by atomic mass is 35.5. The molecule has 0 bridgehead atoms. The van der Waals surface area contributed by atoms with Gasteiger partial charge in [-0.15, -0.1) is 12.4 Å². The largest absolute Gasteiger partial charge is 0.383 e. The maximum Gasteiger partial charge on any atom is 0.267 e. The lowest BCUT2D eigenvalue weighted by Crippen LogP contribution is -2.33. The Kier molecular flexibility index (Phi) is 8.28. The predicted molar refractivity (Wildman–Crippen MR) is 90.6 cm³/mol. The van der Waals surface area contributed by atoms with Crippen LogP contribution in [0.2, 0.25) is 0 Å². The Hall–Kier alpha value is -1.82. The zero-order chi connectivity index (χ0) is 14.9. The molecule has 2 aromatic rings. The van der Waals surface area contributed by atoms with Gasteiger partial charge in [-0.25, -0.2) is 0 Å². The number of H-pyrrole nitrogens is 1. The highest BCUT2D eigenvalue weighted by molar-refractivity contribution is 5.93. The third-order valence-corrected chi connectivity index (χ3v) is 3.09. The standard InChI is InChI=1S/C16H21N3O2.ClH/c1-21-12-11-17-9-10-18-16(20)15-8-7-14(19-15)13-5-3-2-4-6-13;/h2-8,17,19H,9-12H2,1H3,(H,18,20);1H. The number of methoxy groups -OCH3 is 1. The van der Waals surface area contributed by atoms with Crippen molar-refractivity contribution in [2.24, 2.45) is 0 Å². The number of benzene rings is 1. The molecule has 0 saturated heterocycles. The Morgan fingerprint density at radius 2 is 1.86 bits per heavy atom. The van der Waals surface area contributed by atoms with E-state index in [-0.39, 0.29) is 18.3 Å². The number of nitrogens with one attached hydrogen (secondary N) is 3. The van der Waals surface area contributed by atoms with Crippen LogP contribution in [0.15, 0.2) is 42.5 Å². The van der Waals surface area contributed by atoms with Crippen LogP contribution in [0.25, 0.3) is 11.3 Å². The summed E-state index contributed by atoms with van der Waals surface area (Å²) in [5.74, 6) is -0.0919. The summed E-state index contributed by atoms with van der Waals surface area (Å²) >= 11 is 0. The number of aromatic amines is 1. The monoisotopic (exact) mass is 323 g/mol. The molecule has 0 unspecified atom stereocenters. The predicted octanol–water partition coefficient (Wildman–Crippen LogP) is 2.07. The van der Waals surface area contributed by atoms with E-state index in [0.29, 0.717) is 18.8 Å². The summed E-state index contributed by atoms with van der Waals surface area (Å²) in [5.41, 5.74) is 2.59. The topological polar surface area (TPSA) is 66.2 Å². The molecule has 0 aliphatic rings. The van der Waals surface area contributed by atoms with Crippen LogP contribution in [0, 0.1) is 0 Å². The van der Waals surface area contributed by atoms with Crippen LogP contribution in [0.5, 0.6) is 0 Å². The highest BCUT2D eigenvalue weighted by Crippen LogP contribution is 2.17. The van der Waals surface area contributed by atoms with Crippen molar-refractivity contribution in [3.8, 4) is 11.3 Å². The molecule has 2 rings (SSSR count). The molecule has 0 aliphatic carbocycles. The highest BCUT2D eigenvalue weighted by Gasteiger charge is 2.08. The van der Waals surface area contributed by atoms with E-state index in [0.717, 1.165) is 24.3 Å². The summed E-state index contributed by atoms with van der Waals surface area (Å²) in [7, 11) is 1.67.